The molecule has 0 radical (unpaired) electrons. The molecule has 0 spiro atoms. The van der Waals surface area contributed by atoms with Gasteiger partial charge in [0.05, 0.1) is 22.1 Å². The van der Waals surface area contributed by atoms with Gasteiger partial charge in [-0.2, -0.15) is 0 Å². The third-order valence-corrected chi connectivity index (χ3v) is 11.8. The highest BCUT2D eigenvalue weighted by molar-refractivity contribution is 6.20. The Balaban J connectivity index is 0.000000706. The number of aromatic nitrogens is 3. The topological polar surface area (TPSA) is 22.8 Å². The summed E-state index contributed by atoms with van der Waals surface area (Å²) in [6.07, 6.45) is 7.95. The second kappa shape index (κ2) is 16.6. The van der Waals surface area contributed by atoms with Crippen LogP contribution in [0.5, 0.6) is 0 Å². The monoisotopic (exact) mass is 795 g/mol. The smallest absolute Gasteiger partial charge is 0.0802 e. The van der Waals surface area contributed by atoms with Crippen molar-refractivity contribution in [2.24, 2.45) is 0 Å². The van der Waals surface area contributed by atoms with E-state index in [1.54, 1.807) is 0 Å². The van der Waals surface area contributed by atoms with E-state index in [-0.39, 0.29) is 0 Å². The van der Waals surface area contributed by atoms with Gasteiger partial charge >= 0.3 is 0 Å². The van der Waals surface area contributed by atoms with E-state index < -0.39 is 0 Å². The third-order valence-electron chi connectivity index (χ3n) is 11.8. The Bertz CT molecular complexity index is 3400. The highest BCUT2D eigenvalue weighted by Gasteiger charge is 2.19. The van der Waals surface area contributed by atoms with Crippen LogP contribution in [0.15, 0.2) is 225 Å². The molecule has 0 N–H and O–H groups in total. The summed E-state index contributed by atoms with van der Waals surface area (Å²) in [6.45, 7) is 8.40. The first-order valence-corrected chi connectivity index (χ1v) is 21.2. The van der Waals surface area contributed by atoms with E-state index in [0.717, 1.165) is 44.6 Å². The number of fused-ring (bicyclic) bond motifs is 6. The second-order valence-electron chi connectivity index (χ2n) is 15.8. The maximum Gasteiger partial charge on any atom is 0.0802 e. The van der Waals surface area contributed by atoms with Crippen molar-refractivity contribution in [3.63, 3.8) is 0 Å². The van der Waals surface area contributed by atoms with E-state index in [2.05, 4.69) is 193 Å². The fourth-order valence-corrected chi connectivity index (χ4v) is 8.91. The maximum absolute atomic E-state index is 4.93. The van der Waals surface area contributed by atoms with Gasteiger partial charge < -0.3 is 9.13 Å². The van der Waals surface area contributed by atoms with Crippen LogP contribution in [0.3, 0.4) is 0 Å². The number of nitrogens with zero attached hydrogens (tertiary/aromatic N) is 3. The Kier molecular flexibility index (Phi) is 10.2. The van der Waals surface area contributed by atoms with Gasteiger partial charge in [-0.1, -0.05) is 164 Å². The van der Waals surface area contributed by atoms with Crippen molar-refractivity contribution in [3.05, 3.63) is 242 Å². The van der Waals surface area contributed by atoms with Crippen LogP contribution >= 0.6 is 0 Å². The van der Waals surface area contributed by atoms with Crippen molar-refractivity contribution in [1.29, 1.82) is 0 Å². The van der Waals surface area contributed by atoms with Crippen LogP contribution in [0, 0.1) is 13.8 Å². The van der Waals surface area contributed by atoms with Crippen molar-refractivity contribution >= 4 is 49.7 Å². The fraction of sp³-hybridized carbons (Fsp3) is 0.0339. The Morgan fingerprint density at radius 1 is 0.452 bits per heavy atom. The number of aryl methyl sites for hydroxylation is 2. The van der Waals surface area contributed by atoms with Gasteiger partial charge in [0.15, 0.2) is 0 Å². The molecule has 0 unspecified atom stereocenters. The zero-order valence-corrected chi connectivity index (χ0v) is 34.9. The van der Waals surface area contributed by atoms with E-state index >= 15 is 0 Å². The molecule has 0 saturated carbocycles. The van der Waals surface area contributed by atoms with Gasteiger partial charge in [-0.05, 0) is 119 Å². The molecule has 0 atom stereocenters. The predicted molar refractivity (Wildman–Crippen MR) is 264 cm³/mol. The number of hydrogen-bond acceptors (Lipinski definition) is 1. The summed E-state index contributed by atoms with van der Waals surface area (Å²) in [7, 11) is 0. The number of pyridine rings is 1. The van der Waals surface area contributed by atoms with Gasteiger partial charge in [-0.25, -0.2) is 0 Å². The molecule has 0 saturated heterocycles. The summed E-state index contributed by atoms with van der Waals surface area (Å²) in [5.74, 6) is 0. The quantitative estimate of drug-likeness (QED) is 0.147. The van der Waals surface area contributed by atoms with Crippen molar-refractivity contribution in [3.8, 4) is 44.8 Å². The Hall–Kier alpha value is -8.01. The van der Waals surface area contributed by atoms with Crippen LogP contribution in [-0.4, -0.2) is 14.1 Å². The van der Waals surface area contributed by atoms with Gasteiger partial charge in [0, 0.05) is 44.8 Å². The van der Waals surface area contributed by atoms with Gasteiger partial charge in [0.25, 0.3) is 0 Å². The molecule has 11 rings (SSSR count). The molecule has 0 aliphatic rings. The molecule has 0 aliphatic heterocycles. The molecule has 8 aromatic carbocycles. The number of allylic oxidation sites excluding steroid dienone is 2. The minimum atomic E-state index is 1.02. The summed E-state index contributed by atoms with van der Waals surface area (Å²) in [4.78, 5) is 4.93. The lowest BCUT2D eigenvalue weighted by molar-refractivity contribution is 1.10. The summed E-state index contributed by atoms with van der Waals surface area (Å²) < 4.78 is 4.81. The molecule has 0 aliphatic carbocycles. The van der Waals surface area contributed by atoms with Crippen molar-refractivity contribution in [2.75, 3.05) is 0 Å². The van der Waals surface area contributed by atoms with E-state index in [1.807, 2.05) is 60.8 Å². The average molecular weight is 796 g/mol. The Labute approximate surface area is 362 Å². The molecule has 3 heterocycles. The van der Waals surface area contributed by atoms with Crippen LogP contribution in [-0.2, 0) is 0 Å². The minimum Gasteiger partial charge on any atom is -0.310 e. The number of rotatable bonds is 7. The molecule has 0 bridgehead atoms. The maximum atomic E-state index is 4.93. The van der Waals surface area contributed by atoms with Crippen molar-refractivity contribution in [2.45, 2.75) is 13.8 Å². The third kappa shape index (κ3) is 7.10. The summed E-state index contributed by atoms with van der Waals surface area (Å²) in [5.41, 5.74) is 17.5. The minimum absolute atomic E-state index is 1.02. The van der Waals surface area contributed by atoms with E-state index in [9.17, 15) is 0 Å². The molecule has 3 heteroatoms. The lowest BCUT2D eigenvalue weighted by Crippen LogP contribution is -1.97. The molecule has 3 nitrogen and oxygen atoms in total. The molecule has 296 valence electrons. The van der Waals surface area contributed by atoms with Gasteiger partial charge in [0.2, 0.25) is 0 Å². The van der Waals surface area contributed by atoms with E-state index in [0.29, 0.717) is 0 Å². The summed E-state index contributed by atoms with van der Waals surface area (Å²) in [6, 6.07) is 71.4. The fourth-order valence-electron chi connectivity index (χ4n) is 8.91. The van der Waals surface area contributed by atoms with Gasteiger partial charge in [0.1, 0.15) is 0 Å². The molecular weight excluding hydrogens is 751 g/mol. The zero-order chi connectivity index (χ0) is 42.0. The highest BCUT2D eigenvalue weighted by Crippen LogP contribution is 2.40. The van der Waals surface area contributed by atoms with Crippen molar-refractivity contribution in [1.82, 2.24) is 14.1 Å². The normalized spacial score (nSPS) is 11.4. The lowest BCUT2D eigenvalue weighted by Gasteiger charge is -2.13. The Morgan fingerprint density at radius 3 is 1.82 bits per heavy atom. The molecular formula is C59H45N3. The molecule has 0 fully saturated rings. The lowest BCUT2D eigenvalue weighted by atomic mass is 10.00. The first kappa shape index (κ1) is 38.2. The largest absolute Gasteiger partial charge is 0.310 e. The van der Waals surface area contributed by atoms with Crippen LogP contribution in [0.25, 0.3) is 94.4 Å². The van der Waals surface area contributed by atoms with Crippen LogP contribution < -0.4 is 0 Å². The summed E-state index contributed by atoms with van der Waals surface area (Å²) >= 11 is 0. The average Bonchev–Trinajstić information content (AvgIpc) is 3.82. The SMILES string of the molecule is C=C/C=C\c1c(C)c2cc(-c3ccc4c5c6ncccc6ccc5n(-c5cc(C)cc(-c6ccccc6)c5)c4c3)ccc2n1-c1cccc(-c2ccccc2)c1.c1ccccc1. The van der Waals surface area contributed by atoms with Crippen molar-refractivity contribution < 1.29 is 0 Å². The predicted octanol–water partition coefficient (Wildman–Crippen LogP) is 15.8. The molecule has 3 aromatic heterocycles. The zero-order valence-electron chi connectivity index (χ0n) is 34.9. The van der Waals surface area contributed by atoms with Crippen LogP contribution in [0.4, 0.5) is 0 Å². The highest BCUT2D eigenvalue weighted by atomic mass is 15.0. The number of benzene rings is 8. The van der Waals surface area contributed by atoms with Gasteiger partial charge in [-0.15, -0.1) is 0 Å². The first-order chi connectivity index (χ1) is 30.6. The molecule has 0 amide bonds. The second-order valence-corrected chi connectivity index (χ2v) is 15.8. The molecule has 11 aromatic rings. The van der Waals surface area contributed by atoms with Crippen LogP contribution in [0.2, 0.25) is 0 Å². The Morgan fingerprint density at radius 2 is 1.08 bits per heavy atom. The summed E-state index contributed by atoms with van der Waals surface area (Å²) in [5, 5.41) is 4.72. The van der Waals surface area contributed by atoms with Crippen LogP contribution in [0.1, 0.15) is 16.8 Å². The standard InChI is InChI=1S/C53H39N3.C6H6/c1-4-5-21-48-36(3)47-33-41(24-26-49(47)55(48)44-20-12-18-40(31-44)37-14-8-6-9-15-37)42-22-25-46-51(34-42)56(50-27-23-39-19-13-28-54-53(39)52(46)50)45-30-35(2)29-43(32-45)38-16-10-7-11-17-38;1-2-4-6-5-3-1/h4-34H,1H2,2-3H3;1-6H/b21-5-;. The van der Waals surface area contributed by atoms with E-state index in [4.69, 9.17) is 4.98 Å². The number of hydrogen-bond donors (Lipinski definition) is 0. The molecule has 62 heavy (non-hydrogen) atoms. The first-order valence-electron chi connectivity index (χ1n) is 21.2. The van der Waals surface area contributed by atoms with E-state index in [1.165, 1.54) is 60.6 Å². The van der Waals surface area contributed by atoms with Gasteiger partial charge in [-0.3, -0.25) is 4.98 Å².